The second-order valence-corrected chi connectivity index (χ2v) is 4.99. The molecule has 0 bridgehead atoms. The molecule has 0 amide bonds. The van der Waals surface area contributed by atoms with Gasteiger partial charge in [-0.2, -0.15) is 5.10 Å². The van der Waals surface area contributed by atoms with Crippen LogP contribution in [0.3, 0.4) is 0 Å². The molecule has 2 unspecified atom stereocenters. The van der Waals surface area contributed by atoms with E-state index in [1.54, 1.807) is 18.5 Å². The summed E-state index contributed by atoms with van der Waals surface area (Å²) in [5.74, 6) is 0. The maximum absolute atomic E-state index is 11.0. The number of nitro groups is 1. The number of aliphatic hydroxyl groups is 1. The Morgan fingerprint density at radius 3 is 2.61 bits per heavy atom. The van der Waals surface area contributed by atoms with Crippen molar-refractivity contribution in [2.24, 2.45) is 0 Å². The van der Waals surface area contributed by atoms with Crippen molar-refractivity contribution < 1.29 is 10.0 Å². The Hall–Kier alpha value is -1.43. The van der Waals surface area contributed by atoms with Crippen LogP contribution in [0, 0.1) is 24.0 Å². The van der Waals surface area contributed by atoms with Crippen LogP contribution in [0.25, 0.3) is 0 Å². The molecule has 1 fully saturated rings. The van der Waals surface area contributed by atoms with Crippen LogP contribution in [0.4, 0.5) is 5.69 Å². The van der Waals surface area contributed by atoms with E-state index in [1.165, 1.54) is 0 Å². The Kier molecular flexibility index (Phi) is 3.65. The molecule has 0 aromatic carbocycles. The lowest BCUT2D eigenvalue weighted by Gasteiger charge is -2.21. The number of hydrogen-bond donors (Lipinski definition) is 1. The van der Waals surface area contributed by atoms with Crippen LogP contribution in [0.1, 0.15) is 49.5 Å². The number of aromatic nitrogens is 2. The van der Waals surface area contributed by atoms with Crippen molar-refractivity contribution in [1.29, 1.82) is 0 Å². The van der Waals surface area contributed by atoms with Crippen molar-refractivity contribution in [3.8, 4) is 0 Å². The summed E-state index contributed by atoms with van der Waals surface area (Å²) in [6.45, 7) is 3.35. The van der Waals surface area contributed by atoms with Gasteiger partial charge >= 0.3 is 5.69 Å². The van der Waals surface area contributed by atoms with Gasteiger partial charge in [-0.1, -0.05) is 19.3 Å². The normalized spacial score (nSPS) is 24.8. The molecule has 1 aromatic rings. The van der Waals surface area contributed by atoms with E-state index >= 15 is 0 Å². The van der Waals surface area contributed by atoms with Gasteiger partial charge in [0.1, 0.15) is 11.4 Å². The fraction of sp³-hybridized carbons (Fsp3) is 0.750. The Morgan fingerprint density at radius 2 is 2.00 bits per heavy atom. The molecule has 1 aliphatic carbocycles. The second kappa shape index (κ2) is 5.06. The minimum absolute atomic E-state index is 0.0754. The summed E-state index contributed by atoms with van der Waals surface area (Å²) in [6, 6.07) is -0.125. The summed E-state index contributed by atoms with van der Waals surface area (Å²) >= 11 is 0. The van der Waals surface area contributed by atoms with Gasteiger partial charge in [-0.15, -0.1) is 0 Å². The number of rotatable bonds is 2. The van der Waals surface area contributed by atoms with Crippen LogP contribution in [-0.2, 0) is 0 Å². The van der Waals surface area contributed by atoms with Crippen molar-refractivity contribution in [3.63, 3.8) is 0 Å². The highest BCUT2D eigenvalue weighted by molar-refractivity contribution is 5.39. The molecule has 1 N–H and O–H groups in total. The van der Waals surface area contributed by atoms with E-state index < -0.39 is 11.0 Å². The zero-order valence-corrected chi connectivity index (χ0v) is 10.8. The predicted molar refractivity (Wildman–Crippen MR) is 66.5 cm³/mol. The highest BCUT2D eigenvalue weighted by Crippen LogP contribution is 2.32. The van der Waals surface area contributed by atoms with Crippen LogP contribution in [0.2, 0.25) is 0 Å². The van der Waals surface area contributed by atoms with E-state index in [2.05, 4.69) is 5.10 Å². The molecule has 6 heteroatoms. The van der Waals surface area contributed by atoms with Crippen molar-refractivity contribution in [3.05, 3.63) is 21.5 Å². The predicted octanol–water partition coefficient (Wildman–Crippen LogP) is 2.27. The molecule has 2 atom stereocenters. The first kappa shape index (κ1) is 13.0. The van der Waals surface area contributed by atoms with Crippen molar-refractivity contribution >= 4 is 5.69 Å². The maximum Gasteiger partial charge on any atom is 0.312 e. The number of aliphatic hydroxyl groups excluding tert-OH is 1. The Morgan fingerprint density at radius 1 is 1.33 bits per heavy atom. The maximum atomic E-state index is 11.0. The second-order valence-electron chi connectivity index (χ2n) is 4.99. The lowest BCUT2D eigenvalue weighted by Crippen LogP contribution is -2.24. The van der Waals surface area contributed by atoms with Crippen LogP contribution >= 0.6 is 0 Å². The lowest BCUT2D eigenvalue weighted by molar-refractivity contribution is -0.386. The third-order valence-electron chi connectivity index (χ3n) is 3.73. The summed E-state index contributed by atoms with van der Waals surface area (Å²) in [5, 5.41) is 25.4. The molecule has 100 valence electrons. The van der Waals surface area contributed by atoms with Crippen LogP contribution in [0.5, 0.6) is 0 Å². The summed E-state index contributed by atoms with van der Waals surface area (Å²) in [5.41, 5.74) is 1.05. The Bertz CT molecular complexity index is 456. The fourth-order valence-corrected chi connectivity index (χ4v) is 2.80. The van der Waals surface area contributed by atoms with Gasteiger partial charge in [0, 0.05) is 0 Å². The van der Waals surface area contributed by atoms with Gasteiger partial charge in [0.25, 0.3) is 0 Å². The summed E-state index contributed by atoms with van der Waals surface area (Å²) < 4.78 is 1.66. The quantitative estimate of drug-likeness (QED) is 0.498. The van der Waals surface area contributed by atoms with E-state index in [0.29, 0.717) is 11.4 Å². The molecule has 1 heterocycles. The average molecular weight is 253 g/mol. The fourth-order valence-electron chi connectivity index (χ4n) is 2.80. The monoisotopic (exact) mass is 253 g/mol. The first-order valence-electron chi connectivity index (χ1n) is 6.40. The Labute approximate surface area is 106 Å². The van der Waals surface area contributed by atoms with Gasteiger partial charge < -0.3 is 5.11 Å². The van der Waals surface area contributed by atoms with Crippen LogP contribution in [0.15, 0.2) is 0 Å². The van der Waals surface area contributed by atoms with E-state index in [4.69, 9.17) is 0 Å². The minimum atomic E-state index is -0.454. The van der Waals surface area contributed by atoms with Crippen LogP contribution in [-0.4, -0.2) is 25.9 Å². The third-order valence-corrected chi connectivity index (χ3v) is 3.73. The minimum Gasteiger partial charge on any atom is -0.391 e. The first-order valence-corrected chi connectivity index (χ1v) is 6.40. The van der Waals surface area contributed by atoms with Crippen molar-refractivity contribution in [1.82, 2.24) is 9.78 Å². The summed E-state index contributed by atoms with van der Waals surface area (Å²) in [4.78, 5) is 10.6. The molecule has 6 nitrogen and oxygen atoms in total. The zero-order chi connectivity index (χ0) is 13.3. The summed E-state index contributed by atoms with van der Waals surface area (Å²) in [6.07, 6.45) is 4.28. The lowest BCUT2D eigenvalue weighted by atomic mass is 10.1. The van der Waals surface area contributed by atoms with Gasteiger partial charge in [0.2, 0.25) is 0 Å². The van der Waals surface area contributed by atoms with Gasteiger partial charge in [-0.05, 0) is 26.7 Å². The number of nitrogens with zero attached hydrogens (tertiary/aromatic N) is 3. The molecular formula is C12H19N3O3. The van der Waals surface area contributed by atoms with E-state index in [-0.39, 0.29) is 11.7 Å². The third kappa shape index (κ3) is 2.25. The standard InChI is InChI=1S/C12H19N3O3/c1-8-12(15(17)18)9(2)14(13-8)10-6-4-3-5-7-11(10)16/h10-11,16H,3-7H2,1-2H3. The molecule has 0 saturated heterocycles. The molecule has 18 heavy (non-hydrogen) atoms. The Balaban J connectivity index is 2.38. The molecule has 1 aliphatic rings. The molecule has 1 aromatic heterocycles. The molecular weight excluding hydrogens is 234 g/mol. The summed E-state index contributed by atoms with van der Waals surface area (Å²) in [7, 11) is 0. The number of hydrogen-bond acceptors (Lipinski definition) is 4. The number of aryl methyl sites for hydroxylation is 1. The van der Waals surface area contributed by atoms with Crippen LogP contribution < -0.4 is 0 Å². The SMILES string of the molecule is Cc1nn(C2CCCCCC2O)c(C)c1[N+](=O)[O-]. The smallest absolute Gasteiger partial charge is 0.312 e. The highest BCUT2D eigenvalue weighted by atomic mass is 16.6. The van der Waals surface area contributed by atoms with Gasteiger partial charge in [0.15, 0.2) is 0 Å². The molecule has 2 rings (SSSR count). The molecule has 0 radical (unpaired) electrons. The highest BCUT2D eigenvalue weighted by Gasteiger charge is 2.30. The van der Waals surface area contributed by atoms with E-state index in [0.717, 1.165) is 32.1 Å². The van der Waals surface area contributed by atoms with E-state index in [9.17, 15) is 15.2 Å². The topological polar surface area (TPSA) is 81.2 Å². The molecule has 0 aliphatic heterocycles. The van der Waals surface area contributed by atoms with Crippen molar-refractivity contribution in [2.45, 2.75) is 58.1 Å². The molecule has 0 spiro atoms. The average Bonchev–Trinajstić information content (AvgIpc) is 2.47. The van der Waals surface area contributed by atoms with E-state index in [1.807, 2.05) is 0 Å². The van der Waals surface area contributed by atoms with Gasteiger partial charge in [-0.3, -0.25) is 14.8 Å². The first-order chi connectivity index (χ1) is 8.52. The molecule has 1 saturated carbocycles. The zero-order valence-electron chi connectivity index (χ0n) is 10.8. The van der Waals surface area contributed by atoms with Gasteiger partial charge in [0.05, 0.1) is 17.1 Å². The van der Waals surface area contributed by atoms with Crippen molar-refractivity contribution in [2.75, 3.05) is 0 Å². The largest absolute Gasteiger partial charge is 0.391 e. The van der Waals surface area contributed by atoms with Gasteiger partial charge in [-0.25, -0.2) is 0 Å².